The molecule has 0 amide bonds. The van der Waals surface area contributed by atoms with Gasteiger partial charge in [-0.05, 0) is 19.1 Å². The van der Waals surface area contributed by atoms with E-state index < -0.39 is 11.7 Å². The zero-order valence-corrected chi connectivity index (χ0v) is 13.1. The summed E-state index contributed by atoms with van der Waals surface area (Å²) < 4.78 is 42.6. The van der Waals surface area contributed by atoms with Crippen LogP contribution in [0.5, 0.6) is 0 Å². The second-order valence-electron chi connectivity index (χ2n) is 4.96. The Hall–Kier alpha value is -1.44. The Balaban J connectivity index is 2.02. The van der Waals surface area contributed by atoms with Gasteiger partial charge in [0.15, 0.2) is 0 Å². The van der Waals surface area contributed by atoms with Gasteiger partial charge in [-0.2, -0.15) is 13.2 Å². The normalized spacial score (nSPS) is 13.3. The number of nitrogens with zero attached hydrogens (tertiary/aromatic N) is 1. The first-order valence-electron chi connectivity index (χ1n) is 6.74. The molecule has 0 aliphatic rings. The van der Waals surface area contributed by atoms with Crippen LogP contribution in [0.4, 0.5) is 13.2 Å². The van der Waals surface area contributed by atoms with E-state index in [0.29, 0.717) is 23.7 Å². The number of benzene rings is 1. The average Bonchev–Trinajstić information content (AvgIpc) is 2.93. The Bertz CT molecular complexity index is 596. The molecule has 1 unspecified atom stereocenters. The smallest absolute Gasteiger partial charge is 0.383 e. The van der Waals surface area contributed by atoms with Gasteiger partial charge in [-0.1, -0.05) is 12.1 Å². The molecule has 1 aromatic heterocycles. The summed E-state index contributed by atoms with van der Waals surface area (Å²) in [4.78, 5) is 4.44. The standard InChI is InChI=1S/C15H17F3N2OS/c1-10(8-21-2)19-7-13-9-22-14(20-13)11-3-5-12(6-4-11)15(16,17)18/h3-6,9-10,19H,7-8H2,1-2H3. The van der Waals surface area contributed by atoms with E-state index >= 15 is 0 Å². The minimum absolute atomic E-state index is 0.209. The molecule has 2 aromatic rings. The zero-order valence-electron chi connectivity index (χ0n) is 12.3. The van der Waals surface area contributed by atoms with Gasteiger partial charge in [-0.15, -0.1) is 11.3 Å². The molecular formula is C15H17F3N2OS. The van der Waals surface area contributed by atoms with Gasteiger partial charge in [0.1, 0.15) is 5.01 Å². The molecule has 0 fully saturated rings. The summed E-state index contributed by atoms with van der Waals surface area (Å²) in [6.45, 7) is 3.21. The van der Waals surface area contributed by atoms with E-state index in [9.17, 15) is 13.2 Å². The Morgan fingerprint density at radius 3 is 2.55 bits per heavy atom. The lowest BCUT2D eigenvalue weighted by atomic mass is 10.1. The highest BCUT2D eigenvalue weighted by Gasteiger charge is 2.30. The number of methoxy groups -OCH3 is 1. The second-order valence-corrected chi connectivity index (χ2v) is 5.81. The molecule has 22 heavy (non-hydrogen) atoms. The fraction of sp³-hybridized carbons (Fsp3) is 0.400. The molecule has 1 N–H and O–H groups in total. The van der Waals surface area contributed by atoms with Crippen molar-refractivity contribution in [3.63, 3.8) is 0 Å². The van der Waals surface area contributed by atoms with Crippen LogP contribution in [-0.4, -0.2) is 24.7 Å². The fourth-order valence-corrected chi connectivity index (χ4v) is 2.74. The molecule has 120 valence electrons. The number of alkyl halides is 3. The van der Waals surface area contributed by atoms with Crippen LogP contribution in [0.25, 0.3) is 10.6 Å². The number of aromatic nitrogens is 1. The third-order valence-corrected chi connectivity index (χ3v) is 4.00. The number of hydrogen-bond acceptors (Lipinski definition) is 4. The minimum Gasteiger partial charge on any atom is -0.383 e. The molecule has 0 radical (unpaired) electrons. The third-order valence-electron chi connectivity index (χ3n) is 3.06. The van der Waals surface area contributed by atoms with E-state index in [0.717, 1.165) is 17.8 Å². The highest BCUT2D eigenvalue weighted by Crippen LogP contribution is 2.31. The molecule has 2 rings (SSSR count). The average molecular weight is 330 g/mol. The largest absolute Gasteiger partial charge is 0.416 e. The molecule has 1 aromatic carbocycles. The summed E-state index contributed by atoms with van der Waals surface area (Å²) in [5.41, 5.74) is 0.903. The van der Waals surface area contributed by atoms with Crippen molar-refractivity contribution in [2.24, 2.45) is 0 Å². The molecule has 7 heteroatoms. The molecule has 3 nitrogen and oxygen atoms in total. The highest BCUT2D eigenvalue weighted by atomic mass is 32.1. The van der Waals surface area contributed by atoms with Crippen LogP contribution >= 0.6 is 11.3 Å². The summed E-state index contributed by atoms with van der Waals surface area (Å²) in [5.74, 6) is 0. The summed E-state index contributed by atoms with van der Waals surface area (Å²) in [6, 6.07) is 5.27. The van der Waals surface area contributed by atoms with Crippen molar-refractivity contribution in [1.82, 2.24) is 10.3 Å². The molecule has 1 atom stereocenters. The molecule has 0 aliphatic heterocycles. The predicted octanol–water partition coefficient (Wildman–Crippen LogP) is 3.95. The monoisotopic (exact) mass is 330 g/mol. The Labute approximate surface area is 131 Å². The third kappa shape index (κ3) is 4.53. The first-order chi connectivity index (χ1) is 10.4. The maximum atomic E-state index is 12.5. The topological polar surface area (TPSA) is 34.1 Å². The predicted molar refractivity (Wildman–Crippen MR) is 80.7 cm³/mol. The van der Waals surface area contributed by atoms with Crippen LogP contribution < -0.4 is 5.32 Å². The number of thiazole rings is 1. The van der Waals surface area contributed by atoms with Crippen LogP contribution in [0.2, 0.25) is 0 Å². The summed E-state index contributed by atoms with van der Waals surface area (Å²) in [5, 5.41) is 5.88. The van der Waals surface area contributed by atoms with E-state index in [-0.39, 0.29) is 6.04 Å². The van der Waals surface area contributed by atoms with Gasteiger partial charge in [0.2, 0.25) is 0 Å². The van der Waals surface area contributed by atoms with E-state index in [2.05, 4.69) is 10.3 Å². The van der Waals surface area contributed by atoms with Crippen LogP contribution in [0.3, 0.4) is 0 Å². The van der Waals surface area contributed by atoms with Gasteiger partial charge in [-0.25, -0.2) is 4.98 Å². The molecule has 0 aliphatic carbocycles. The zero-order chi connectivity index (χ0) is 16.2. The molecule has 0 bridgehead atoms. The van der Waals surface area contributed by atoms with Crippen molar-refractivity contribution in [2.45, 2.75) is 25.7 Å². The van der Waals surface area contributed by atoms with Gasteiger partial charge < -0.3 is 10.1 Å². The molecule has 0 saturated carbocycles. The SMILES string of the molecule is COCC(C)NCc1csc(-c2ccc(C(F)(F)F)cc2)n1. The van der Waals surface area contributed by atoms with E-state index in [1.54, 1.807) is 7.11 Å². The summed E-state index contributed by atoms with van der Waals surface area (Å²) >= 11 is 1.42. The lowest BCUT2D eigenvalue weighted by Crippen LogP contribution is -2.29. The number of nitrogens with one attached hydrogen (secondary N) is 1. The summed E-state index contributed by atoms with van der Waals surface area (Å²) in [6.07, 6.45) is -4.31. The lowest BCUT2D eigenvalue weighted by molar-refractivity contribution is -0.137. The highest BCUT2D eigenvalue weighted by molar-refractivity contribution is 7.13. The Morgan fingerprint density at radius 2 is 1.95 bits per heavy atom. The van der Waals surface area contributed by atoms with Gasteiger partial charge in [0.25, 0.3) is 0 Å². The quantitative estimate of drug-likeness (QED) is 0.871. The van der Waals surface area contributed by atoms with Crippen molar-refractivity contribution in [1.29, 1.82) is 0 Å². The van der Waals surface area contributed by atoms with Crippen LogP contribution in [0, 0.1) is 0 Å². The van der Waals surface area contributed by atoms with Crippen LogP contribution in [0.1, 0.15) is 18.2 Å². The van der Waals surface area contributed by atoms with E-state index in [4.69, 9.17) is 4.74 Å². The van der Waals surface area contributed by atoms with Gasteiger partial charge in [0.05, 0.1) is 17.9 Å². The lowest BCUT2D eigenvalue weighted by Gasteiger charge is -2.10. The Morgan fingerprint density at radius 1 is 1.27 bits per heavy atom. The maximum absolute atomic E-state index is 12.5. The number of rotatable bonds is 6. The van der Waals surface area contributed by atoms with Gasteiger partial charge in [-0.3, -0.25) is 0 Å². The van der Waals surface area contributed by atoms with Crippen molar-refractivity contribution in [2.75, 3.05) is 13.7 Å². The molecule has 1 heterocycles. The van der Waals surface area contributed by atoms with Crippen molar-refractivity contribution < 1.29 is 17.9 Å². The Kier molecular flexibility index (Phi) is 5.55. The molecule has 0 spiro atoms. The minimum atomic E-state index is -4.31. The van der Waals surface area contributed by atoms with E-state index in [1.807, 2.05) is 12.3 Å². The maximum Gasteiger partial charge on any atom is 0.416 e. The number of halogens is 3. The van der Waals surface area contributed by atoms with Crippen molar-refractivity contribution >= 4 is 11.3 Å². The molecular weight excluding hydrogens is 313 g/mol. The number of ether oxygens (including phenoxy) is 1. The number of hydrogen-bond donors (Lipinski definition) is 1. The van der Waals surface area contributed by atoms with Gasteiger partial charge >= 0.3 is 6.18 Å². The first-order valence-corrected chi connectivity index (χ1v) is 7.62. The van der Waals surface area contributed by atoms with Crippen molar-refractivity contribution in [3.8, 4) is 10.6 Å². The van der Waals surface area contributed by atoms with Crippen LogP contribution in [-0.2, 0) is 17.5 Å². The molecule has 0 saturated heterocycles. The van der Waals surface area contributed by atoms with Crippen LogP contribution in [0.15, 0.2) is 29.6 Å². The fourth-order valence-electron chi connectivity index (χ4n) is 1.91. The van der Waals surface area contributed by atoms with Crippen molar-refractivity contribution in [3.05, 3.63) is 40.9 Å². The van der Waals surface area contributed by atoms with E-state index in [1.165, 1.54) is 23.5 Å². The summed E-state index contributed by atoms with van der Waals surface area (Å²) in [7, 11) is 1.64. The van der Waals surface area contributed by atoms with Gasteiger partial charge in [0, 0.05) is 30.6 Å². The first kappa shape index (κ1) is 16.9. The second kappa shape index (κ2) is 7.21.